The maximum absolute atomic E-state index is 3.78. The smallest absolute Gasteiger partial charge is 0.0353 e. The van der Waals surface area contributed by atoms with Crippen LogP contribution < -0.4 is 0 Å². The van der Waals surface area contributed by atoms with Crippen molar-refractivity contribution in [2.24, 2.45) is 5.92 Å². The second kappa shape index (κ2) is 11.8. The van der Waals surface area contributed by atoms with Gasteiger partial charge in [0, 0.05) is 0 Å². The van der Waals surface area contributed by atoms with Gasteiger partial charge in [0.15, 0.2) is 0 Å². The van der Waals surface area contributed by atoms with Crippen LogP contribution in [0.5, 0.6) is 0 Å². The molecule has 0 spiro atoms. The molecule has 90 valence electrons. The number of rotatable bonds is 11. The van der Waals surface area contributed by atoms with Crippen molar-refractivity contribution in [2.45, 2.75) is 78.1 Å². The molecule has 0 aliphatic carbocycles. The molecule has 0 N–H and O–H groups in total. The zero-order valence-corrected chi connectivity index (χ0v) is 10.9. The van der Waals surface area contributed by atoms with Gasteiger partial charge in [0.25, 0.3) is 0 Å². The SMILES string of the molecule is C=CCCCC(CC)CCCCCCC. The number of hydrogen-bond acceptors (Lipinski definition) is 0. The van der Waals surface area contributed by atoms with Gasteiger partial charge in [0.1, 0.15) is 0 Å². The number of unbranched alkanes of at least 4 members (excludes halogenated alkanes) is 5. The van der Waals surface area contributed by atoms with Crippen LogP contribution in [0.25, 0.3) is 0 Å². The molecule has 0 rings (SSSR count). The Morgan fingerprint density at radius 2 is 1.60 bits per heavy atom. The van der Waals surface area contributed by atoms with Crippen LogP contribution in [0.2, 0.25) is 0 Å². The molecule has 1 unspecified atom stereocenters. The van der Waals surface area contributed by atoms with E-state index in [1.54, 1.807) is 0 Å². The third-order valence-electron chi connectivity index (χ3n) is 3.31. The summed E-state index contributed by atoms with van der Waals surface area (Å²) in [5.41, 5.74) is 0. The molecule has 1 atom stereocenters. The Bertz CT molecular complexity index is 126. The molecule has 0 aromatic carbocycles. The molecule has 0 aromatic heterocycles. The molecule has 0 saturated heterocycles. The molecular formula is C15H30. The monoisotopic (exact) mass is 210 g/mol. The molecule has 0 aliphatic heterocycles. The Morgan fingerprint density at radius 1 is 0.933 bits per heavy atom. The largest absolute Gasteiger partial charge is 0.103 e. The second-order valence-corrected chi connectivity index (χ2v) is 4.70. The van der Waals surface area contributed by atoms with E-state index in [9.17, 15) is 0 Å². The van der Waals surface area contributed by atoms with Gasteiger partial charge in [-0.15, -0.1) is 6.58 Å². The van der Waals surface area contributed by atoms with E-state index in [4.69, 9.17) is 0 Å². The lowest BCUT2D eigenvalue weighted by Crippen LogP contribution is -1.98. The van der Waals surface area contributed by atoms with E-state index in [1.165, 1.54) is 64.2 Å². The lowest BCUT2D eigenvalue weighted by Gasteiger charge is -2.13. The Balaban J connectivity index is 3.31. The highest BCUT2D eigenvalue weighted by Gasteiger charge is 2.04. The fraction of sp³-hybridized carbons (Fsp3) is 0.867. The minimum Gasteiger partial charge on any atom is -0.103 e. The highest BCUT2D eigenvalue weighted by molar-refractivity contribution is 4.67. The molecule has 0 radical (unpaired) electrons. The molecule has 0 aromatic rings. The van der Waals surface area contributed by atoms with Gasteiger partial charge in [0.05, 0.1) is 0 Å². The van der Waals surface area contributed by atoms with Crippen molar-refractivity contribution in [3.8, 4) is 0 Å². The van der Waals surface area contributed by atoms with Crippen molar-refractivity contribution in [3.05, 3.63) is 12.7 Å². The van der Waals surface area contributed by atoms with E-state index in [0.29, 0.717) is 0 Å². The van der Waals surface area contributed by atoms with Gasteiger partial charge in [-0.3, -0.25) is 0 Å². The Kier molecular flexibility index (Phi) is 11.6. The summed E-state index contributed by atoms with van der Waals surface area (Å²) >= 11 is 0. The van der Waals surface area contributed by atoms with Crippen LogP contribution in [-0.2, 0) is 0 Å². The zero-order valence-electron chi connectivity index (χ0n) is 10.9. The summed E-state index contributed by atoms with van der Waals surface area (Å²) in [4.78, 5) is 0. The highest BCUT2D eigenvalue weighted by atomic mass is 14.1. The topological polar surface area (TPSA) is 0 Å². The van der Waals surface area contributed by atoms with Crippen molar-refractivity contribution >= 4 is 0 Å². The Labute approximate surface area is 97.2 Å². The summed E-state index contributed by atoms with van der Waals surface area (Å²) in [6.07, 6.45) is 16.0. The third kappa shape index (κ3) is 10.0. The van der Waals surface area contributed by atoms with Gasteiger partial charge < -0.3 is 0 Å². The fourth-order valence-electron chi connectivity index (χ4n) is 2.14. The van der Waals surface area contributed by atoms with Gasteiger partial charge in [-0.1, -0.05) is 71.3 Å². The molecule has 0 saturated carbocycles. The predicted octanol–water partition coefficient (Wildman–Crippen LogP) is 5.73. The molecule has 0 bridgehead atoms. The van der Waals surface area contributed by atoms with E-state index in [2.05, 4.69) is 20.4 Å². The van der Waals surface area contributed by atoms with E-state index in [0.717, 1.165) is 5.92 Å². The first-order valence-electron chi connectivity index (χ1n) is 6.96. The number of allylic oxidation sites excluding steroid dienone is 1. The lowest BCUT2D eigenvalue weighted by molar-refractivity contribution is 0.403. The Morgan fingerprint density at radius 3 is 2.20 bits per heavy atom. The van der Waals surface area contributed by atoms with E-state index in [1.807, 2.05) is 6.08 Å². The van der Waals surface area contributed by atoms with Crippen LogP contribution >= 0.6 is 0 Å². The average Bonchev–Trinajstić information content (AvgIpc) is 2.26. The van der Waals surface area contributed by atoms with Gasteiger partial charge in [-0.05, 0) is 18.8 Å². The van der Waals surface area contributed by atoms with Gasteiger partial charge in [-0.25, -0.2) is 0 Å². The fourth-order valence-corrected chi connectivity index (χ4v) is 2.14. The summed E-state index contributed by atoms with van der Waals surface area (Å²) in [6, 6.07) is 0. The van der Waals surface area contributed by atoms with Crippen LogP contribution in [0.3, 0.4) is 0 Å². The minimum absolute atomic E-state index is 0.978. The third-order valence-corrected chi connectivity index (χ3v) is 3.31. The van der Waals surface area contributed by atoms with E-state index >= 15 is 0 Å². The summed E-state index contributed by atoms with van der Waals surface area (Å²) in [5.74, 6) is 0.978. The van der Waals surface area contributed by atoms with Crippen molar-refractivity contribution in [3.63, 3.8) is 0 Å². The molecule has 0 fully saturated rings. The van der Waals surface area contributed by atoms with Gasteiger partial charge in [-0.2, -0.15) is 0 Å². The number of hydrogen-bond donors (Lipinski definition) is 0. The standard InChI is InChI=1S/C15H30/c1-4-7-9-10-12-14-15(6-3)13-11-8-5-2/h5,15H,2,4,6-14H2,1,3H3. The van der Waals surface area contributed by atoms with Crippen LogP contribution in [0.15, 0.2) is 12.7 Å². The molecule has 0 heteroatoms. The van der Waals surface area contributed by atoms with Crippen molar-refractivity contribution in [2.75, 3.05) is 0 Å². The van der Waals surface area contributed by atoms with Gasteiger partial charge >= 0.3 is 0 Å². The molecular weight excluding hydrogens is 180 g/mol. The lowest BCUT2D eigenvalue weighted by atomic mass is 9.93. The van der Waals surface area contributed by atoms with Crippen LogP contribution in [-0.4, -0.2) is 0 Å². The second-order valence-electron chi connectivity index (χ2n) is 4.70. The summed E-state index contributed by atoms with van der Waals surface area (Å²) in [7, 11) is 0. The first kappa shape index (κ1) is 14.7. The first-order chi connectivity index (χ1) is 7.35. The first-order valence-corrected chi connectivity index (χ1v) is 6.96. The van der Waals surface area contributed by atoms with E-state index in [-0.39, 0.29) is 0 Å². The molecule has 0 amide bonds. The predicted molar refractivity (Wildman–Crippen MR) is 71.2 cm³/mol. The van der Waals surface area contributed by atoms with E-state index < -0.39 is 0 Å². The van der Waals surface area contributed by atoms with Gasteiger partial charge in [0.2, 0.25) is 0 Å². The van der Waals surface area contributed by atoms with Crippen molar-refractivity contribution in [1.82, 2.24) is 0 Å². The maximum atomic E-state index is 3.78. The van der Waals surface area contributed by atoms with Crippen LogP contribution in [0.4, 0.5) is 0 Å². The maximum Gasteiger partial charge on any atom is -0.0353 e. The Hall–Kier alpha value is -0.260. The normalized spacial score (nSPS) is 12.7. The average molecular weight is 210 g/mol. The summed E-state index contributed by atoms with van der Waals surface area (Å²) in [5, 5.41) is 0. The quantitative estimate of drug-likeness (QED) is 0.302. The van der Waals surface area contributed by atoms with Crippen LogP contribution in [0, 0.1) is 5.92 Å². The highest BCUT2D eigenvalue weighted by Crippen LogP contribution is 2.20. The summed E-state index contributed by atoms with van der Waals surface area (Å²) in [6.45, 7) is 8.40. The molecule has 15 heavy (non-hydrogen) atoms. The van der Waals surface area contributed by atoms with Crippen LogP contribution in [0.1, 0.15) is 78.1 Å². The molecule has 0 nitrogen and oxygen atoms in total. The molecule has 0 heterocycles. The zero-order chi connectivity index (χ0) is 11.4. The van der Waals surface area contributed by atoms with Crippen molar-refractivity contribution in [1.29, 1.82) is 0 Å². The molecule has 0 aliphatic rings. The minimum atomic E-state index is 0.978. The van der Waals surface area contributed by atoms with Crippen molar-refractivity contribution < 1.29 is 0 Å². The summed E-state index contributed by atoms with van der Waals surface area (Å²) < 4.78 is 0.